The van der Waals surface area contributed by atoms with Crippen molar-refractivity contribution in [2.24, 2.45) is 0 Å². The van der Waals surface area contributed by atoms with Crippen LogP contribution in [0.3, 0.4) is 0 Å². The Hall–Kier alpha value is -2.69. The minimum atomic E-state index is -0.536. The maximum atomic E-state index is 12.7. The van der Waals surface area contributed by atoms with E-state index in [4.69, 9.17) is 14.2 Å². The van der Waals surface area contributed by atoms with Gasteiger partial charge in [-0.15, -0.1) is 0 Å². The van der Waals surface area contributed by atoms with E-state index in [0.29, 0.717) is 23.7 Å². The SMILES string of the molecule is CC[C@H](NC(=O)[C@@H](CC)Oc1ccccc1)c1ccc(OC)c(OC)c1. The van der Waals surface area contributed by atoms with Crippen LogP contribution in [-0.2, 0) is 4.79 Å². The van der Waals surface area contributed by atoms with Gasteiger partial charge in [-0.3, -0.25) is 4.79 Å². The highest BCUT2D eigenvalue weighted by atomic mass is 16.5. The summed E-state index contributed by atoms with van der Waals surface area (Å²) in [6.07, 6.45) is 0.804. The summed E-state index contributed by atoms with van der Waals surface area (Å²) in [6.45, 7) is 3.96. The van der Waals surface area contributed by atoms with E-state index in [9.17, 15) is 4.79 Å². The van der Waals surface area contributed by atoms with Gasteiger partial charge in [-0.05, 0) is 42.7 Å². The van der Waals surface area contributed by atoms with Crippen LogP contribution in [0.15, 0.2) is 48.5 Å². The van der Waals surface area contributed by atoms with Gasteiger partial charge in [0.25, 0.3) is 5.91 Å². The predicted molar refractivity (Wildman–Crippen MR) is 102 cm³/mol. The second-order valence-corrected chi connectivity index (χ2v) is 5.91. The monoisotopic (exact) mass is 357 g/mol. The first-order chi connectivity index (χ1) is 12.6. The first-order valence-electron chi connectivity index (χ1n) is 8.86. The van der Waals surface area contributed by atoms with Crippen molar-refractivity contribution in [2.75, 3.05) is 14.2 Å². The van der Waals surface area contributed by atoms with Gasteiger partial charge in [0.1, 0.15) is 5.75 Å². The topological polar surface area (TPSA) is 56.8 Å². The minimum absolute atomic E-state index is 0.127. The van der Waals surface area contributed by atoms with Crippen LogP contribution in [0, 0.1) is 0 Å². The number of nitrogens with one attached hydrogen (secondary N) is 1. The molecule has 0 radical (unpaired) electrons. The average molecular weight is 357 g/mol. The summed E-state index contributed by atoms with van der Waals surface area (Å²) in [5, 5.41) is 3.08. The molecule has 5 nitrogen and oxygen atoms in total. The summed E-state index contributed by atoms with van der Waals surface area (Å²) in [5.74, 6) is 1.87. The van der Waals surface area contributed by atoms with Crippen LogP contribution in [0.4, 0.5) is 0 Å². The first-order valence-corrected chi connectivity index (χ1v) is 8.86. The molecule has 26 heavy (non-hydrogen) atoms. The van der Waals surface area contributed by atoms with E-state index in [-0.39, 0.29) is 11.9 Å². The molecule has 5 heteroatoms. The molecule has 1 N–H and O–H groups in total. The largest absolute Gasteiger partial charge is 0.493 e. The third-order valence-electron chi connectivity index (χ3n) is 4.22. The molecule has 2 atom stereocenters. The molecule has 0 aliphatic rings. The molecule has 0 spiro atoms. The fraction of sp³-hybridized carbons (Fsp3) is 0.381. The van der Waals surface area contributed by atoms with Crippen LogP contribution in [0.2, 0.25) is 0 Å². The summed E-state index contributed by atoms with van der Waals surface area (Å²) in [4.78, 5) is 12.7. The Balaban J connectivity index is 2.11. The van der Waals surface area contributed by atoms with E-state index in [1.165, 1.54) is 0 Å². The van der Waals surface area contributed by atoms with Gasteiger partial charge in [0.2, 0.25) is 0 Å². The average Bonchev–Trinajstić information content (AvgIpc) is 2.70. The Kier molecular flexibility index (Phi) is 7.33. The fourth-order valence-electron chi connectivity index (χ4n) is 2.74. The lowest BCUT2D eigenvalue weighted by Crippen LogP contribution is -2.39. The molecule has 2 rings (SSSR count). The standard InChI is InChI=1S/C21H27NO4/c1-5-17(15-12-13-19(24-3)20(14-15)25-4)22-21(23)18(6-2)26-16-10-8-7-9-11-16/h7-14,17-18H,5-6H2,1-4H3,(H,22,23)/t17-,18+/m0/s1. The molecule has 1 amide bonds. The van der Waals surface area contributed by atoms with Crippen molar-refractivity contribution in [1.82, 2.24) is 5.32 Å². The van der Waals surface area contributed by atoms with E-state index in [2.05, 4.69) is 5.32 Å². The van der Waals surface area contributed by atoms with Gasteiger partial charge < -0.3 is 19.5 Å². The molecule has 140 valence electrons. The second kappa shape index (κ2) is 9.70. The van der Waals surface area contributed by atoms with Gasteiger partial charge in [0.05, 0.1) is 20.3 Å². The van der Waals surface area contributed by atoms with Crippen molar-refractivity contribution in [1.29, 1.82) is 0 Å². The number of hydrogen-bond acceptors (Lipinski definition) is 4. The molecule has 0 bridgehead atoms. The van der Waals surface area contributed by atoms with Crippen molar-refractivity contribution >= 4 is 5.91 Å². The molecule has 0 saturated carbocycles. The van der Waals surface area contributed by atoms with Gasteiger partial charge >= 0.3 is 0 Å². The van der Waals surface area contributed by atoms with Gasteiger partial charge in [-0.1, -0.05) is 38.1 Å². The van der Waals surface area contributed by atoms with Crippen LogP contribution in [-0.4, -0.2) is 26.2 Å². The van der Waals surface area contributed by atoms with Crippen molar-refractivity contribution < 1.29 is 19.0 Å². The molecule has 0 fully saturated rings. The number of carbonyl (C=O) groups is 1. The first kappa shape index (κ1) is 19.6. The zero-order chi connectivity index (χ0) is 18.9. The highest BCUT2D eigenvalue weighted by molar-refractivity contribution is 5.81. The molecule has 0 unspecified atom stereocenters. The zero-order valence-corrected chi connectivity index (χ0v) is 15.8. The minimum Gasteiger partial charge on any atom is -0.493 e. The van der Waals surface area contributed by atoms with Crippen molar-refractivity contribution in [3.05, 3.63) is 54.1 Å². The number of hydrogen-bond donors (Lipinski definition) is 1. The second-order valence-electron chi connectivity index (χ2n) is 5.91. The molecular weight excluding hydrogens is 330 g/mol. The Morgan fingerprint density at radius 1 is 0.962 bits per heavy atom. The van der Waals surface area contributed by atoms with E-state index < -0.39 is 6.10 Å². The quantitative estimate of drug-likeness (QED) is 0.733. The van der Waals surface area contributed by atoms with Gasteiger partial charge in [-0.25, -0.2) is 0 Å². The Morgan fingerprint density at radius 3 is 2.23 bits per heavy atom. The highest BCUT2D eigenvalue weighted by Crippen LogP contribution is 2.31. The zero-order valence-electron chi connectivity index (χ0n) is 15.8. The fourth-order valence-corrected chi connectivity index (χ4v) is 2.74. The number of benzene rings is 2. The smallest absolute Gasteiger partial charge is 0.261 e. The van der Waals surface area contributed by atoms with Crippen LogP contribution < -0.4 is 19.5 Å². The maximum absolute atomic E-state index is 12.7. The number of methoxy groups -OCH3 is 2. The number of para-hydroxylation sites is 1. The summed E-state index contributed by atoms with van der Waals surface area (Å²) in [6, 6.07) is 14.9. The Bertz CT molecular complexity index is 702. The molecule has 0 saturated heterocycles. The molecule has 2 aromatic rings. The molecular formula is C21H27NO4. The molecule has 0 aromatic heterocycles. The molecule has 0 aliphatic heterocycles. The maximum Gasteiger partial charge on any atom is 0.261 e. The van der Waals surface area contributed by atoms with Crippen molar-refractivity contribution in [3.63, 3.8) is 0 Å². The van der Waals surface area contributed by atoms with E-state index >= 15 is 0 Å². The summed E-state index contributed by atoms with van der Waals surface area (Å²) >= 11 is 0. The highest BCUT2D eigenvalue weighted by Gasteiger charge is 2.22. The van der Waals surface area contributed by atoms with Gasteiger partial charge in [0, 0.05) is 0 Å². The summed E-state index contributed by atoms with van der Waals surface area (Å²) in [7, 11) is 3.20. The Morgan fingerprint density at radius 2 is 1.65 bits per heavy atom. The lowest BCUT2D eigenvalue weighted by Gasteiger charge is -2.23. The van der Waals surface area contributed by atoms with Gasteiger partial charge in [-0.2, -0.15) is 0 Å². The molecule has 0 heterocycles. The Labute approximate surface area is 155 Å². The number of amides is 1. The summed E-state index contributed by atoms with van der Waals surface area (Å²) < 4.78 is 16.5. The van der Waals surface area contributed by atoms with E-state index in [1.54, 1.807) is 14.2 Å². The third kappa shape index (κ3) is 4.91. The molecule has 0 aliphatic carbocycles. The predicted octanol–water partition coefficient (Wildman–Crippen LogP) is 4.13. The lowest BCUT2D eigenvalue weighted by atomic mass is 10.0. The van der Waals surface area contributed by atoms with E-state index in [0.717, 1.165) is 12.0 Å². The van der Waals surface area contributed by atoms with Crippen molar-refractivity contribution in [2.45, 2.75) is 38.8 Å². The third-order valence-corrected chi connectivity index (χ3v) is 4.22. The normalized spacial score (nSPS) is 12.8. The number of ether oxygens (including phenoxy) is 3. The van der Waals surface area contributed by atoms with Crippen LogP contribution in [0.25, 0.3) is 0 Å². The van der Waals surface area contributed by atoms with Crippen LogP contribution in [0.1, 0.15) is 38.3 Å². The van der Waals surface area contributed by atoms with Crippen LogP contribution >= 0.6 is 0 Å². The number of carbonyl (C=O) groups excluding carboxylic acids is 1. The number of rotatable bonds is 9. The van der Waals surface area contributed by atoms with Crippen LogP contribution in [0.5, 0.6) is 17.2 Å². The van der Waals surface area contributed by atoms with E-state index in [1.807, 2.05) is 62.4 Å². The summed E-state index contributed by atoms with van der Waals surface area (Å²) in [5.41, 5.74) is 0.966. The van der Waals surface area contributed by atoms with Gasteiger partial charge in [0.15, 0.2) is 17.6 Å². The lowest BCUT2D eigenvalue weighted by molar-refractivity contribution is -0.128. The van der Waals surface area contributed by atoms with Crippen molar-refractivity contribution in [3.8, 4) is 17.2 Å². The molecule has 2 aromatic carbocycles.